The van der Waals surface area contributed by atoms with Crippen molar-refractivity contribution in [1.82, 2.24) is 10.3 Å². The van der Waals surface area contributed by atoms with E-state index in [2.05, 4.69) is 27.5 Å². The molecule has 0 saturated heterocycles. The van der Waals surface area contributed by atoms with E-state index in [1.54, 1.807) is 20.4 Å². The molecule has 0 bridgehead atoms. The van der Waals surface area contributed by atoms with Crippen LogP contribution in [-0.4, -0.2) is 38.3 Å². The predicted molar refractivity (Wildman–Crippen MR) is 135 cm³/mol. The van der Waals surface area contributed by atoms with Crippen molar-refractivity contribution in [3.8, 4) is 23.0 Å². The van der Waals surface area contributed by atoms with E-state index in [-0.39, 0.29) is 24.0 Å². The molecular formula is C23H29IN4O3. The Morgan fingerprint density at radius 2 is 1.90 bits per heavy atom. The van der Waals surface area contributed by atoms with Gasteiger partial charge in [0.1, 0.15) is 6.26 Å². The van der Waals surface area contributed by atoms with E-state index in [0.29, 0.717) is 42.9 Å². The number of ether oxygens (including phenoxy) is 2. The fourth-order valence-corrected chi connectivity index (χ4v) is 2.90. The Morgan fingerprint density at radius 1 is 1.13 bits per heavy atom. The zero-order valence-corrected chi connectivity index (χ0v) is 20.6. The van der Waals surface area contributed by atoms with Crippen LogP contribution in [0.25, 0.3) is 11.5 Å². The molecule has 1 heterocycles. The molecule has 0 aliphatic carbocycles. The van der Waals surface area contributed by atoms with Gasteiger partial charge in [-0.2, -0.15) is 0 Å². The number of hydrogen-bond acceptors (Lipinski definition) is 5. The Bertz CT molecular complexity index is 987. The molecule has 0 unspecified atom stereocenters. The summed E-state index contributed by atoms with van der Waals surface area (Å²) >= 11 is 0. The van der Waals surface area contributed by atoms with E-state index < -0.39 is 0 Å². The number of oxazole rings is 1. The van der Waals surface area contributed by atoms with Crippen molar-refractivity contribution in [2.24, 2.45) is 4.99 Å². The first-order valence-electron chi connectivity index (χ1n) is 9.93. The third kappa shape index (κ3) is 6.88. The van der Waals surface area contributed by atoms with Crippen LogP contribution in [0.3, 0.4) is 0 Å². The van der Waals surface area contributed by atoms with Crippen molar-refractivity contribution in [3.05, 3.63) is 60.0 Å². The van der Waals surface area contributed by atoms with Crippen molar-refractivity contribution in [2.45, 2.75) is 20.3 Å². The van der Waals surface area contributed by atoms with Crippen LogP contribution in [0.5, 0.6) is 11.5 Å². The van der Waals surface area contributed by atoms with Gasteiger partial charge in [0.15, 0.2) is 17.5 Å². The second kappa shape index (κ2) is 12.2. The van der Waals surface area contributed by atoms with E-state index in [9.17, 15) is 0 Å². The van der Waals surface area contributed by atoms with Gasteiger partial charge in [-0.3, -0.25) is 4.99 Å². The van der Waals surface area contributed by atoms with E-state index in [1.165, 1.54) is 5.56 Å². The molecule has 0 atom stereocenters. The Balaban J connectivity index is 0.00000341. The SMILES string of the molecule is CCOc1ccc(NC(=NC)NCCc2coc(-c3ccc(C)cc3)n2)cc1OC.I. The number of nitrogens with one attached hydrogen (secondary N) is 2. The molecule has 0 saturated carbocycles. The molecule has 0 aliphatic heterocycles. The topological polar surface area (TPSA) is 80.9 Å². The summed E-state index contributed by atoms with van der Waals surface area (Å²) in [6.07, 6.45) is 2.41. The first-order valence-corrected chi connectivity index (χ1v) is 9.93. The molecule has 0 radical (unpaired) electrons. The number of halogens is 1. The van der Waals surface area contributed by atoms with E-state index in [1.807, 2.05) is 49.4 Å². The van der Waals surface area contributed by atoms with Gasteiger partial charge in [0.2, 0.25) is 5.89 Å². The minimum atomic E-state index is 0. The van der Waals surface area contributed by atoms with E-state index in [4.69, 9.17) is 13.9 Å². The molecular weight excluding hydrogens is 507 g/mol. The maximum absolute atomic E-state index is 5.62. The number of anilines is 1. The molecule has 31 heavy (non-hydrogen) atoms. The molecule has 166 valence electrons. The smallest absolute Gasteiger partial charge is 0.226 e. The lowest BCUT2D eigenvalue weighted by Crippen LogP contribution is -2.32. The number of aromatic nitrogens is 1. The summed E-state index contributed by atoms with van der Waals surface area (Å²) in [7, 11) is 3.35. The van der Waals surface area contributed by atoms with Crippen LogP contribution >= 0.6 is 24.0 Å². The largest absolute Gasteiger partial charge is 0.493 e. The third-order valence-electron chi connectivity index (χ3n) is 4.47. The number of hydrogen-bond donors (Lipinski definition) is 2. The molecule has 0 aliphatic rings. The summed E-state index contributed by atoms with van der Waals surface area (Å²) in [5.74, 6) is 2.67. The summed E-state index contributed by atoms with van der Waals surface area (Å²) in [6, 6.07) is 13.8. The Kier molecular flexibility index (Phi) is 9.64. The van der Waals surface area contributed by atoms with Gasteiger partial charge < -0.3 is 24.5 Å². The number of aryl methyl sites for hydroxylation is 1. The Morgan fingerprint density at radius 3 is 2.58 bits per heavy atom. The predicted octanol–water partition coefficient (Wildman–Crippen LogP) is 4.91. The van der Waals surface area contributed by atoms with Crippen molar-refractivity contribution in [1.29, 1.82) is 0 Å². The first kappa shape index (κ1) is 24.5. The molecule has 8 heteroatoms. The van der Waals surface area contributed by atoms with Crippen molar-refractivity contribution < 1.29 is 13.9 Å². The quantitative estimate of drug-likeness (QED) is 0.242. The van der Waals surface area contributed by atoms with Gasteiger partial charge >= 0.3 is 0 Å². The molecule has 0 fully saturated rings. The average Bonchev–Trinajstić information content (AvgIpc) is 3.23. The molecule has 0 amide bonds. The number of guanidine groups is 1. The van der Waals surface area contributed by atoms with Crippen LogP contribution in [0.1, 0.15) is 18.2 Å². The van der Waals surface area contributed by atoms with Gasteiger partial charge in [-0.15, -0.1) is 24.0 Å². The summed E-state index contributed by atoms with van der Waals surface area (Å²) < 4.78 is 16.6. The van der Waals surface area contributed by atoms with Gasteiger partial charge in [-0.05, 0) is 38.1 Å². The first-order chi connectivity index (χ1) is 14.6. The van der Waals surface area contributed by atoms with Crippen molar-refractivity contribution in [2.75, 3.05) is 32.6 Å². The standard InChI is InChI=1S/C23H28N4O3.HI/c1-5-29-20-11-10-18(14-21(20)28-4)27-23(24-3)25-13-12-19-15-30-22(26-19)17-8-6-16(2)7-9-17;/h6-11,14-15H,5,12-13H2,1-4H3,(H2,24,25,27);1H. The molecule has 2 aromatic carbocycles. The second-order valence-electron chi connectivity index (χ2n) is 6.68. The van der Waals surface area contributed by atoms with Crippen LogP contribution < -0.4 is 20.1 Å². The highest BCUT2D eigenvalue weighted by atomic mass is 127. The number of nitrogens with zero attached hydrogens (tertiary/aromatic N) is 2. The highest BCUT2D eigenvalue weighted by Gasteiger charge is 2.09. The summed E-state index contributed by atoms with van der Waals surface area (Å²) in [5.41, 5.74) is 3.92. The van der Waals surface area contributed by atoms with Crippen LogP contribution in [0, 0.1) is 6.92 Å². The number of methoxy groups -OCH3 is 1. The summed E-state index contributed by atoms with van der Waals surface area (Å²) in [4.78, 5) is 8.84. The van der Waals surface area contributed by atoms with Gasteiger partial charge in [0, 0.05) is 37.3 Å². The molecule has 7 nitrogen and oxygen atoms in total. The Hall–Kier alpha value is -2.75. The maximum Gasteiger partial charge on any atom is 0.226 e. The molecule has 0 spiro atoms. The lowest BCUT2D eigenvalue weighted by atomic mass is 10.1. The fourth-order valence-electron chi connectivity index (χ4n) is 2.90. The second-order valence-corrected chi connectivity index (χ2v) is 6.68. The number of aliphatic imine (C=N–C) groups is 1. The van der Waals surface area contributed by atoms with Crippen molar-refractivity contribution in [3.63, 3.8) is 0 Å². The normalized spacial score (nSPS) is 10.9. The van der Waals surface area contributed by atoms with Crippen molar-refractivity contribution >= 4 is 35.6 Å². The van der Waals surface area contributed by atoms with E-state index in [0.717, 1.165) is 16.9 Å². The van der Waals surface area contributed by atoms with Gasteiger partial charge in [0.05, 0.1) is 19.4 Å². The Labute approximate surface area is 200 Å². The van der Waals surface area contributed by atoms with Gasteiger partial charge in [0.25, 0.3) is 0 Å². The molecule has 3 rings (SSSR count). The summed E-state index contributed by atoms with van der Waals surface area (Å²) in [5, 5.41) is 6.54. The van der Waals surface area contributed by atoms with E-state index >= 15 is 0 Å². The van der Waals surface area contributed by atoms with Gasteiger partial charge in [-0.25, -0.2) is 4.98 Å². The lowest BCUT2D eigenvalue weighted by molar-refractivity contribution is 0.311. The average molecular weight is 536 g/mol. The maximum atomic E-state index is 5.62. The number of rotatable bonds is 8. The monoisotopic (exact) mass is 536 g/mol. The minimum absolute atomic E-state index is 0. The minimum Gasteiger partial charge on any atom is -0.493 e. The highest BCUT2D eigenvalue weighted by Crippen LogP contribution is 2.30. The molecule has 2 N–H and O–H groups in total. The zero-order valence-electron chi connectivity index (χ0n) is 18.3. The van der Waals surface area contributed by atoms with Crippen LogP contribution in [0.15, 0.2) is 58.1 Å². The fraction of sp³-hybridized carbons (Fsp3) is 0.304. The zero-order chi connectivity index (χ0) is 21.3. The third-order valence-corrected chi connectivity index (χ3v) is 4.47. The lowest BCUT2D eigenvalue weighted by Gasteiger charge is -2.14. The van der Waals surface area contributed by atoms with Crippen LogP contribution in [0.4, 0.5) is 5.69 Å². The summed E-state index contributed by atoms with van der Waals surface area (Å²) in [6.45, 7) is 5.24. The number of benzene rings is 2. The molecule has 3 aromatic rings. The van der Waals surface area contributed by atoms with Crippen LogP contribution in [0.2, 0.25) is 0 Å². The van der Waals surface area contributed by atoms with Gasteiger partial charge in [-0.1, -0.05) is 17.7 Å². The van der Waals surface area contributed by atoms with Crippen LogP contribution in [-0.2, 0) is 6.42 Å². The molecule has 1 aromatic heterocycles. The highest BCUT2D eigenvalue weighted by molar-refractivity contribution is 14.0.